The lowest BCUT2D eigenvalue weighted by molar-refractivity contribution is 0.0867. The summed E-state index contributed by atoms with van der Waals surface area (Å²) in [6.07, 6.45) is 2.88. The van der Waals surface area contributed by atoms with Gasteiger partial charge in [0, 0.05) is 22.7 Å². The minimum absolute atomic E-state index is 0.0982. The number of carbonyl (C=O) groups is 1. The zero-order valence-corrected chi connectivity index (χ0v) is 15.8. The number of hydrogen-bond acceptors (Lipinski definition) is 5. The van der Waals surface area contributed by atoms with Crippen LogP contribution in [-0.4, -0.2) is 33.4 Å². The van der Waals surface area contributed by atoms with E-state index in [1.54, 1.807) is 12.1 Å². The molecule has 0 atom stereocenters. The van der Waals surface area contributed by atoms with E-state index in [4.69, 9.17) is 4.42 Å². The molecule has 0 spiro atoms. The van der Waals surface area contributed by atoms with Crippen molar-refractivity contribution in [2.45, 2.75) is 44.8 Å². The van der Waals surface area contributed by atoms with Crippen molar-refractivity contribution < 1.29 is 14.3 Å². The number of aryl methyl sites for hydroxylation is 1. The Morgan fingerprint density at radius 3 is 2.36 bits per heavy atom. The van der Waals surface area contributed by atoms with Crippen molar-refractivity contribution in [3.63, 3.8) is 0 Å². The number of aliphatic hydroxyl groups is 1. The quantitative estimate of drug-likeness (QED) is 0.723. The summed E-state index contributed by atoms with van der Waals surface area (Å²) in [4.78, 5) is 12.4. The van der Waals surface area contributed by atoms with Gasteiger partial charge in [-0.05, 0) is 69.0 Å². The minimum Gasteiger partial charge on any atom is -0.416 e. The molecule has 0 radical (unpaired) electrons. The molecular formula is C22H23N3O3. The second-order valence-electron chi connectivity index (χ2n) is 7.34. The van der Waals surface area contributed by atoms with Crippen molar-refractivity contribution in [2.24, 2.45) is 0 Å². The smallest absolute Gasteiger partial charge is 0.251 e. The van der Waals surface area contributed by atoms with E-state index in [2.05, 4.69) is 15.5 Å². The predicted octanol–water partition coefficient (Wildman–Crippen LogP) is 3.75. The highest BCUT2D eigenvalue weighted by molar-refractivity contribution is 5.94. The van der Waals surface area contributed by atoms with Crippen LogP contribution in [0.1, 0.15) is 41.6 Å². The molecule has 2 aromatic carbocycles. The highest BCUT2D eigenvalue weighted by atomic mass is 16.4. The first-order chi connectivity index (χ1) is 13.6. The molecular weight excluding hydrogens is 354 g/mol. The highest BCUT2D eigenvalue weighted by Gasteiger charge is 2.21. The monoisotopic (exact) mass is 377 g/mol. The van der Waals surface area contributed by atoms with E-state index in [1.165, 1.54) is 0 Å². The topological polar surface area (TPSA) is 88.2 Å². The van der Waals surface area contributed by atoms with Gasteiger partial charge in [-0.3, -0.25) is 4.79 Å². The van der Waals surface area contributed by atoms with Gasteiger partial charge in [0.2, 0.25) is 11.8 Å². The molecule has 6 nitrogen and oxygen atoms in total. The molecule has 3 aromatic rings. The normalized spacial score (nSPS) is 19.4. The van der Waals surface area contributed by atoms with Gasteiger partial charge < -0.3 is 14.8 Å². The third-order valence-corrected chi connectivity index (χ3v) is 5.12. The van der Waals surface area contributed by atoms with Crippen LogP contribution in [-0.2, 0) is 0 Å². The maximum atomic E-state index is 12.4. The molecule has 0 unspecified atom stereocenters. The lowest BCUT2D eigenvalue weighted by atomic mass is 9.93. The molecule has 1 aliphatic carbocycles. The first-order valence-corrected chi connectivity index (χ1v) is 9.58. The Morgan fingerprint density at radius 1 is 1.00 bits per heavy atom. The number of rotatable bonds is 4. The molecule has 0 aliphatic heterocycles. The second-order valence-corrected chi connectivity index (χ2v) is 7.34. The molecule has 0 saturated heterocycles. The molecule has 1 heterocycles. The fraction of sp³-hybridized carbons (Fsp3) is 0.318. The Hall–Kier alpha value is -2.99. The van der Waals surface area contributed by atoms with Gasteiger partial charge in [-0.15, -0.1) is 10.2 Å². The number of benzene rings is 2. The van der Waals surface area contributed by atoms with Gasteiger partial charge >= 0.3 is 0 Å². The Morgan fingerprint density at radius 2 is 1.68 bits per heavy atom. The molecule has 28 heavy (non-hydrogen) atoms. The minimum atomic E-state index is -0.230. The third-order valence-electron chi connectivity index (χ3n) is 5.12. The Kier molecular flexibility index (Phi) is 5.21. The maximum Gasteiger partial charge on any atom is 0.251 e. The average molecular weight is 377 g/mol. The Balaban J connectivity index is 1.44. The van der Waals surface area contributed by atoms with E-state index in [9.17, 15) is 9.90 Å². The number of aromatic nitrogens is 2. The van der Waals surface area contributed by atoms with Gasteiger partial charge in [-0.1, -0.05) is 17.7 Å². The number of aliphatic hydroxyl groups excluding tert-OH is 1. The largest absolute Gasteiger partial charge is 0.416 e. The molecule has 0 bridgehead atoms. The van der Waals surface area contributed by atoms with Crippen molar-refractivity contribution in [3.05, 3.63) is 59.7 Å². The highest BCUT2D eigenvalue weighted by Crippen LogP contribution is 2.25. The molecule has 1 aromatic heterocycles. The Labute approximate surface area is 163 Å². The van der Waals surface area contributed by atoms with Gasteiger partial charge in [-0.25, -0.2) is 0 Å². The SMILES string of the molecule is Cc1cccc(-c2nnc(-c3ccc(C(=O)NC4CCC(O)CC4)cc3)o2)c1. The van der Waals surface area contributed by atoms with Gasteiger partial charge in [0.1, 0.15) is 0 Å². The van der Waals surface area contributed by atoms with E-state index in [-0.39, 0.29) is 18.1 Å². The molecule has 1 fully saturated rings. The zero-order chi connectivity index (χ0) is 19.5. The van der Waals surface area contributed by atoms with E-state index in [0.717, 1.165) is 42.4 Å². The summed E-state index contributed by atoms with van der Waals surface area (Å²) in [6, 6.07) is 15.2. The average Bonchev–Trinajstić information content (AvgIpc) is 3.20. The fourth-order valence-corrected chi connectivity index (χ4v) is 3.49. The first-order valence-electron chi connectivity index (χ1n) is 9.58. The number of carbonyl (C=O) groups excluding carboxylic acids is 1. The lowest BCUT2D eigenvalue weighted by Crippen LogP contribution is -2.38. The molecule has 2 N–H and O–H groups in total. The van der Waals surface area contributed by atoms with Crippen molar-refractivity contribution in [1.29, 1.82) is 0 Å². The predicted molar refractivity (Wildman–Crippen MR) is 106 cm³/mol. The number of nitrogens with zero attached hydrogens (tertiary/aromatic N) is 2. The van der Waals surface area contributed by atoms with Crippen LogP contribution in [0.2, 0.25) is 0 Å². The van der Waals surface area contributed by atoms with Gasteiger partial charge in [0.05, 0.1) is 6.10 Å². The summed E-state index contributed by atoms with van der Waals surface area (Å²) < 4.78 is 5.80. The van der Waals surface area contributed by atoms with Crippen LogP contribution in [0.4, 0.5) is 0 Å². The summed E-state index contributed by atoms with van der Waals surface area (Å²) in [5.74, 6) is 0.795. The van der Waals surface area contributed by atoms with Crippen LogP contribution >= 0.6 is 0 Å². The zero-order valence-electron chi connectivity index (χ0n) is 15.8. The van der Waals surface area contributed by atoms with Crippen LogP contribution < -0.4 is 5.32 Å². The third kappa shape index (κ3) is 4.12. The first kappa shape index (κ1) is 18.4. The standard InChI is InChI=1S/C22H23N3O3/c1-14-3-2-4-17(13-14)22-25-24-21(28-22)16-7-5-15(6-8-16)20(27)23-18-9-11-19(26)12-10-18/h2-8,13,18-19,26H,9-12H2,1H3,(H,23,27). The van der Waals surface area contributed by atoms with Crippen molar-refractivity contribution in [1.82, 2.24) is 15.5 Å². The molecule has 4 rings (SSSR count). The summed E-state index contributed by atoms with van der Waals surface area (Å²) >= 11 is 0. The fourth-order valence-electron chi connectivity index (χ4n) is 3.49. The van der Waals surface area contributed by atoms with Crippen molar-refractivity contribution in [3.8, 4) is 22.9 Å². The van der Waals surface area contributed by atoms with Crippen LogP contribution in [0.3, 0.4) is 0 Å². The lowest BCUT2D eigenvalue weighted by Gasteiger charge is -2.26. The van der Waals surface area contributed by atoms with E-state index >= 15 is 0 Å². The van der Waals surface area contributed by atoms with Gasteiger partial charge in [-0.2, -0.15) is 0 Å². The van der Waals surface area contributed by atoms with E-state index in [1.807, 2.05) is 43.3 Å². The molecule has 1 amide bonds. The van der Waals surface area contributed by atoms with Crippen molar-refractivity contribution >= 4 is 5.91 Å². The number of amides is 1. The van der Waals surface area contributed by atoms with Gasteiger partial charge in [0.15, 0.2) is 0 Å². The van der Waals surface area contributed by atoms with Crippen molar-refractivity contribution in [2.75, 3.05) is 0 Å². The number of hydrogen-bond donors (Lipinski definition) is 2. The summed E-state index contributed by atoms with van der Waals surface area (Å²) in [5.41, 5.74) is 3.37. The van der Waals surface area contributed by atoms with Crippen LogP contribution in [0, 0.1) is 6.92 Å². The molecule has 144 valence electrons. The molecule has 1 aliphatic rings. The van der Waals surface area contributed by atoms with E-state index < -0.39 is 0 Å². The number of nitrogens with one attached hydrogen (secondary N) is 1. The molecule has 6 heteroatoms. The van der Waals surface area contributed by atoms with Gasteiger partial charge in [0.25, 0.3) is 5.91 Å². The van der Waals surface area contributed by atoms with Crippen LogP contribution in [0.15, 0.2) is 52.9 Å². The Bertz CT molecular complexity index is 957. The summed E-state index contributed by atoms with van der Waals surface area (Å²) in [5, 5.41) is 20.9. The molecule has 1 saturated carbocycles. The second kappa shape index (κ2) is 7.94. The van der Waals surface area contributed by atoms with Crippen LogP contribution in [0.25, 0.3) is 22.9 Å². The summed E-state index contributed by atoms with van der Waals surface area (Å²) in [7, 11) is 0. The maximum absolute atomic E-state index is 12.4. The van der Waals surface area contributed by atoms with E-state index in [0.29, 0.717) is 17.3 Å². The van der Waals surface area contributed by atoms with Crippen LogP contribution in [0.5, 0.6) is 0 Å². The summed E-state index contributed by atoms with van der Waals surface area (Å²) in [6.45, 7) is 2.01.